The van der Waals surface area contributed by atoms with Crippen LogP contribution in [0.2, 0.25) is 0 Å². The zero-order chi connectivity index (χ0) is 13.7. The molecular formula is C13H15N3O2S. The fourth-order valence-corrected chi connectivity index (χ4v) is 2.08. The van der Waals surface area contributed by atoms with E-state index < -0.39 is 0 Å². The summed E-state index contributed by atoms with van der Waals surface area (Å²) < 4.78 is 5.55. The third-order valence-corrected chi connectivity index (χ3v) is 3.11. The number of anilines is 1. The maximum atomic E-state index is 11.7. The number of nitrogens with one attached hydrogen (secondary N) is 1. The van der Waals surface area contributed by atoms with E-state index in [1.54, 1.807) is 5.51 Å². The van der Waals surface area contributed by atoms with Gasteiger partial charge in [-0.2, -0.15) is 0 Å². The van der Waals surface area contributed by atoms with Gasteiger partial charge < -0.3 is 4.74 Å². The number of benzene rings is 1. The third kappa shape index (κ3) is 3.75. The SMILES string of the molecule is CC(C)c1ccccc1OCC(=O)Nc1nncs1. The zero-order valence-corrected chi connectivity index (χ0v) is 11.6. The number of hydrogen-bond donors (Lipinski definition) is 1. The monoisotopic (exact) mass is 277 g/mol. The van der Waals surface area contributed by atoms with Crippen LogP contribution in [-0.2, 0) is 4.79 Å². The average molecular weight is 277 g/mol. The largest absolute Gasteiger partial charge is 0.483 e. The molecule has 1 amide bonds. The molecule has 0 aliphatic heterocycles. The maximum Gasteiger partial charge on any atom is 0.264 e. The summed E-state index contributed by atoms with van der Waals surface area (Å²) in [5, 5.41) is 10.5. The lowest BCUT2D eigenvalue weighted by molar-refractivity contribution is -0.118. The molecule has 2 rings (SSSR count). The van der Waals surface area contributed by atoms with Crippen molar-refractivity contribution < 1.29 is 9.53 Å². The molecule has 0 fully saturated rings. The van der Waals surface area contributed by atoms with Gasteiger partial charge in [0.25, 0.3) is 5.91 Å². The molecule has 0 aliphatic carbocycles. The second-order valence-electron chi connectivity index (χ2n) is 4.27. The smallest absolute Gasteiger partial charge is 0.264 e. The van der Waals surface area contributed by atoms with Crippen molar-refractivity contribution in [1.82, 2.24) is 10.2 Å². The molecule has 19 heavy (non-hydrogen) atoms. The van der Waals surface area contributed by atoms with Crippen LogP contribution in [0.15, 0.2) is 29.8 Å². The van der Waals surface area contributed by atoms with E-state index in [0.717, 1.165) is 11.3 Å². The van der Waals surface area contributed by atoms with E-state index in [9.17, 15) is 4.79 Å². The summed E-state index contributed by atoms with van der Waals surface area (Å²) >= 11 is 1.27. The summed E-state index contributed by atoms with van der Waals surface area (Å²) in [4.78, 5) is 11.7. The molecule has 0 spiro atoms. The molecule has 2 aromatic rings. The minimum atomic E-state index is -0.240. The summed E-state index contributed by atoms with van der Waals surface area (Å²) in [7, 11) is 0. The van der Waals surface area contributed by atoms with Gasteiger partial charge in [-0.25, -0.2) is 0 Å². The molecule has 0 unspecified atom stereocenters. The number of ether oxygens (including phenoxy) is 1. The Labute approximate surface area is 115 Å². The summed E-state index contributed by atoms with van der Waals surface area (Å²) in [6, 6.07) is 7.73. The summed E-state index contributed by atoms with van der Waals surface area (Å²) in [5.74, 6) is 0.850. The molecular weight excluding hydrogens is 262 g/mol. The van der Waals surface area contributed by atoms with E-state index in [1.165, 1.54) is 11.3 Å². The van der Waals surface area contributed by atoms with E-state index in [2.05, 4.69) is 29.4 Å². The van der Waals surface area contributed by atoms with Crippen molar-refractivity contribution in [2.45, 2.75) is 19.8 Å². The molecule has 0 saturated carbocycles. The lowest BCUT2D eigenvalue weighted by Crippen LogP contribution is -2.20. The lowest BCUT2D eigenvalue weighted by atomic mass is 10.0. The number of carbonyl (C=O) groups excluding carboxylic acids is 1. The second kappa shape index (κ2) is 6.29. The highest BCUT2D eigenvalue weighted by Crippen LogP contribution is 2.25. The molecule has 1 N–H and O–H groups in total. The number of rotatable bonds is 5. The molecule has 1 aromatic heterocycles. The fourth-order valence-electron chi connectivity index (χ4n) is 1.62. The molecule has 0 radical (unpaired) electrons. The van der Waals surface area contributed by atoms with E-state index in [0.29, 0.717) is 11.0 Å². The lowest BCUT2D eigenvalue weighted by Gasteiger charge is -2.13. The number of amides is 1. The number of nitrogens with zero attached hydrogens (tertiary/aromatic N) is 2. The topological polar surface area (TPSA) is 64.1 Å². The molecule has 100 valence electrons. The first kappa shape index (κ1) is 13.5. The Hall–Kier alpha value is -1.95. The Kier molecular flexibility index (Phi) is 4.46. The van der Waals surface area contributed by atoms with Crippen LogP contribution in [0.5, 0.6) is 5.75 Å². The Morgan fingerprint density at radius 1 is 1.42 bits per heavy atom. The van der Waals surface area contributed by atoms with Crippen LogP contribution in [0.3, 0.4) is 0 Å². The first-order valence-corrected chi connectivity index (χ1v) is 6.82. The highest BCUT2D eigenvalue weighted by molar-refractivity contribution is 7.13. The normalized spacial score (nSPS) is 10.5. The van der Waals surface area contributed by atoms with Gasteiger partial charge in [-0.3, -0.25) is 10.1 Å². The third-order valence-electron chi connectivity index (χ3n) is 2.51. The maximum absolute atomic E-state index is 11.7. The summed E-state index contributed by atoms with van der Waals surface area (Å²) in [6.07, 6.45) is 0. The Morgan fingerprint density at radius 3 is 2.89 bits per heavy atom. The van der Waals surface area contributed by atoms with Crippen molar-refractivity contribution in [1.29, 1.82) is 0 Å². The van der Waals surface area contributed by atoms with Gasteiger partial charge in [0.15, 0.2) is 6.61 Å². The Balaban J connectivity index is 1.93. The number of aromatic nitrogens is 2. The fraction of sp³-hybridized carbons (Fsp3) is 0.308. The molecule has 1 heterocycles. The zero-order valence-electron chi connectivity index (χ0n) is 10.8. The van der Waals surface area contributed by atoms with Crippen LogP contribution in [0.4, 0.5) is 5.13 Å². The molecule has 6 heteroatoms. The first-order valence-electron chi connectivity index (χ1n) is 5.94. The van der Waals surface area contributed by atoms with Crippen molar-refractivity contribution in [3.8, 4) is 5.75 Å². The van der Waals surface area contributed by atoms with Crippen LogP contribution < -0.4 is 10.1 Å². The van der Waals surface area contributed by atoms with E-state index in [1.807, 2.05) is 24.3 Å². The Bertz CT molecular complexity index is 541. The molecule has 0 atom stereocenters. The van der Waals surface area contributed by atoms with Crippen molar-refractivity contribution in [2.75, 3.05) is 11.9 Å². The van der Waals surface area contributed by atoms with Gasteiger partial charge in [0.05, 0.1) is 0 Å². The minimum absolute atomic E-state index is 0.0384. The molecule has 0 saturated heterocycles. The highest BCUT2D eigenvalue weighted by Gasteiger charge is 2.10. The number of hydrogen-bond acceptors (Lipinski definition) is 5. The van der Waals surface area contributed by atoms with Gasteiger partial charge in [0.2, 0.25) is 5.13 Å². The van der Waals surface area contributed by atoms with E-state index in [4.69, 9.17) is 4.74 Å². The quantitative estimate of drug-likeness (QED) is 0.912. The molecule has 5 nitrogen and oxygen atoms in total. The van der Waals surface area contributed by atoms with E-state index >= 15 is 0 Å². The highest BCUT2D eigenvalue weighted by atomic mass is 32.1. The predicted octanol–water partition coefficient (Wildman–Crippen LogP) is 2.68. The second-order valence-corrected chi connectivity index (χ2v) is 5.11. The van der Waals surface area contributed by atoms with Crippen molar-refractivity contribution in [3.05, 3.63) is 35.3 Å². The van der Waals surface area contributed by atoms with Gasteiger partial charge in [0.1, 0.15) is 11.3 Å². The van der Waals surface area contributed by atoms with Crippen LogP contribution in [0, 0.1) is 0 Å². The van der Waals surface area contributed by atoms with E-state index in [-0.39, 0.29) is 12.5 Å². The molecule has 1 aromatic carbocycles. The van der Waals surface area contributed by atoms with Crippen LogP contribution >= 0.6 is 11.3 Å². The Morgan fingerprint density at radius 2 is 2.21 bits per heavy atom. The van der Waals surface area contributed by atoms with Crippen molar-refractivity contribution in [2.24, 2.45) is 0 Å². The van der Waals surface area contributed by atoms with Crippen LogP contribution in [0.1, 0.15) is 25.3 Å². The predicted molar refractivity (Wildman–Crippen MR) is 74.6 cm³/mol. The standard InChI is InChI=1S/C13H15N3O2S/c1-9(2)10-5-3-4-6-11(10)18-7-12(17)15-13-16-14-8-19-13/h3-6,8-9H,7H2,1-2H3,(H,15,16,17). The van der Waals surface area contributed by atoms with Gasteiger partial charge in [-0.15, -0.1) is 10.2 Å². The van der Waals surface area contributed by atoms with Crippen molar-refractivity contribution >= 4 is 22.4 Å². The van der Waals surface area contributed by atoms with Gasteiger partial charge in [0, 0.05) is 0 Å². The molecule has 0 aliphatic rings. The number of carbonyl (C=O) groups is 1. The van der Waals surface area contributed by atoms with Gasteiger partial charge in [-0.05, 0) is 17.5 Å². The summed E-state index contributed by atoms with van der Waals surface area (Å²) in [6.45, 7) is 4.14. The van der Waals surface area contributed by atoms with Crippen LogP contribution in [0.25, 0.3) is 0 Å². The summed E-state index contributed by atoms with van der Waals surface area (Å²) in [5.41, 5.74) is 2.65. The van der Waals surface area contributed by atoms with Crippen molar-refractivity contribution in [3.63, 3.8) is 0 Å². The number of para-hydroxylation sites is 1. The minimum Gasteiger partial charge on any atom is -0.483 e. The first-order chi connectivity index (χ1) is 9.16. The van der Waals surface area contributed by atoms with Gasteiger partial charge in [-0.1, -0.05) is 43.4 Å². The van der Waals surface area contributed by atoms with Gasteiger partial charge >= 0.3 is 0 Å². The van der Waals surface area contributed by atoms with Crippen LogP contribution in [-0.4, -0.2) is 22.7 Å². The molecule has 0 bridgehead atoms. The average Bonchev–Trinajstić information content (AvgIpc) is 2.89.